The molecule has 0 spiro atoms. The Morgan fingerprint density at radius 3 is 2.48 bits per heavy atom. The van der Waals surface area contributed by atoms with Crippen molar-refractivity contribution in [2.75, 3.05) is 16.8 Å². The first-order chi connectivity index (χ1) is 12.8. The lowest BCUT2D eigenvalue weighted by atomic mass is 10.2. The Bertz CT molecular complexity index is 896. The minimum absolute atomic E-state index is 0.0255. The predicted molar refractivity (Wildman–Crippen MR) is 102 cm³/mol. The smallest absolute Gasteiger partial charge is 0.271 e. The molecular weight excluding hydrogens is 368 g/mol. The quantitative estimate of drug-likeness (QED) is 0.775. The van der Waals surface area contributed by atoms with E-state index in [1.165, 1.54) is 12.4 Å². The maximum absolute atomic E-state index is 12.2. The summed E-state index contributed by atoms with van der Waals surface area (Å²) >= 11 is 0. The van der Waals surface area contributed by atoms with Crippen molar-refractivity contribution in [2.45, 2.75) is 32.4 Å². The van der Waals surface area contributed by atoms with E-state index in [9.17, 15) is 13.2 Å². The van der Waals surface area contributed by atoms with Crippen LogP contribution in [0.3, 0.4) is 0 Å². The van der Waals surface area contributed by atoms with Gasteiger partial charge in [0, 0.05) is 11.7 Å². The van der Waals surface area contributed by atoms with Crippen LogP contribution in [0, 0.1) is 0 Å². The monoisotopic (exact) mass is 390 g/mol. The molecular formula is C18H22N4O4S. The molecule has 1 unspecified atom stereocenters. The van der Waals surface area contributed by atoms with Gasteiger partial charge in [-0.25, -0.2) is 18.4 Å². The maximum atomic E-state index is 12.2. The van der Waals surface area contributed by atoms with E-state index >= 15 is 0 Å². The molecule has 8 nitrogen and oxygen atoms in total. The zero-order chi connectivity index (χ0) is 19.4. The number of benzene rings is 1. The first-order valence-electron chi connectivity index (χ1n) is 8.68. The number of carbonyl (C=O) groups is 1. The molecule has 2 N–H and O–H groups in total. The molecule has 0 bridgehead atoms. The van der Waals surface area contributed by atoms with Crippen molar-refractivity contribution in [3.63, 3.8) is 0 Å². The van der Waals surface area contributed by atoms with Gasteiger partial charge < -0.3 is 15.4 Å². The lowest BCUT2D eigenvalue weighted by molar-refractivity contribution is 0.0935. The van der Waals surface area contributed by atoms with Crippen LogP contribution in [0.4, 0.5) is 11.5 Å². The highest BCUT2D eigenvalue weighted by molar-refractivity contribution is 7.91. The Labute approximate surface area is 158 Å². The van der Waals surface area contributed by atoms with Crippen LogP contribution in [-0.4, -0.2) is 47.9 Å². The van der Waals surface area contributed by atoms with E-state index in [2.05, 4.69) is 20.6 Å². The van der Waals surface area contributed by atoms with E-state index in [1.807, 2.05) is 38.1 Å². The molecule has 1 aromatic carbocycles. The van der Waals surface area contributed by atoms with Crippen molar-refractivity contribution in [3.8, 4) is 5.75 Å². The van der Waals surface area contributed by atoms with E-state index in [4.69, 9.17) is 4.74 Å². The number of hydrogen-bond donors (Lipinski definition) is 2. The van der Waals surface area contributed by atoms with Gasteiger partial charge in [-0.1, -0.05) is 0 Å². The summed E-state index contributed by atoms with van der Waals surface area (Å²) in [5.41, 5.74) is 0.958. The molecule has 1 saturated heterocycles. The van der Waals surface area contributed by atoms with E-state index in [-0.39, 0.29) is 29.3 Å². The average molecular weight is 390 g/mol. The van der Waals surface area contributed by atoms with Gasteiger partial charge in [0.25, 0.3) is 5.91 Å². The number of ether oxygens (including phenoxy) is 1. The highest BCUT2D eigenvalue weighted by Gasteiger charge is 2.29. The van der Waals surface area contributed by atoms with E-state index in [0.29, 0.717) is 12.2 Å². The number of anilines is 2. The van der Waals surface area contributed by atoms with Gasteiger partial charge in [0.1, 0.15) is 17.3 Å². The third kappa shape index (κ3) is 5.40. The molecule has 1 atom stereocenters. The Hall–Kier alpha value is -2.68. The van der Waals surface area contributed by atoms with Gasteiger partial charge in [-0.05, 0) is 44.5 Å². The fraction of sp³-hybridized carbons (Fsp3) is 0.389. The molecule has 1 aliphatic heterocycles. The Morgan fingerprint density at radius 1 is 1.19 bits per heavy atom. The van der Waals surface area contributed by atoms with E-state index < -0.39 is 15.7 Å². The number of aromatic nitrogens is 2. The summed E-state index contributed by atoms with van der Waals surface area (Å²) in [4.78, 5) is 20.4. The van der Waals surface area contributed by atoms with Crippen LogP contribution in [0.1, 0.15) is 30.8 Å². The zero-order valence-corrected chi connectivity index (χ0v) is 16.0. The second kappa shape index (κ2) is 7.91. The molecule has 3 rings (SSSR count). The van der Waals surface area contributed by atoms with Gasteiger partial charge in [-0.15, -0.1) is 0 Å². The van der Waals surface area contributed by atoms with Crippen molar-refractivity contribution in [1.82, 2.24) is 15.3 Å². The number of sulfone groups is 1. The average Bonchev–Trinajstić information content (AvgIpc) is 2.95. The molecule has 27 heavy (non-hydrogen) atoms. The topological polar surface area (TPSA) is 110 Å². The van der Waals surface area contributed by atoms with Crippen LogP contribution >= 0.6 is 0 Å². The Kier molecular flexibility index (Phi) is 5.59. The number of rotatable bonds is 6. The number of nitrogens with one attached hydrogen (secondary N) is 2. The summed E-state index contributed by atoms with van der Waals surface area (Å²) < 4.78 is 28.5. The molecule has 0 saturated carbocycles. The van der Waals surface area contributed by atoms with Crippen molar-refractivity contribution in [3.05, 3.63) is 42.4 Å². The predicted octanol–water partition coefficient (Wildman–Crippen LogP) is 1.92. The third-order valence-corrected chi connectivity index (χ3v) is 5.72. The fourth-order valence-electron chi connectivity index (χ4n) is 2.71. The van der Waals surface area contributed by atoms with Gasteiger partial charge in [0.2, 0.25) is 0 Å². The van der Waals surface area contributed by atoms with Crippen LogP contribution in [0.5, 0.6) is 5.75 Å². The third-order valence-electron chi connectivity index (χ3n) is 3.95. The molecule has 0 radical (unpaired) electrons. The molecule has 9 heteroatoms. The van der Waals surface area contributed by atoms with E-state index in [0.717, 1.165) is 11.4 Å². The SMILES string of the molecule is CC(C)Oc1ccc(Nc2cnc(C(=O)NC3CCS(=O)(=O)C3)cn2)cc1. The van der Waals surface area contributed by atoms with Gasteiger partial charge in [0.05, 0.1) is 30.0 Å². The molecule has 2 aromatic rings. The second-order valence-corrected chi connectivity index (χ2v) is 8.91. The normalized spacial score (nSPS) is 18.3. The van der Waals surface area contributed by atoms with Crippen LogP contribution in [0.15, 0.2) is 36.7 Å². The zero-order valence-electron chi connectivity index (χ0n) is 15.2. The summed E-state index contributed by atoms with van der Waals surface area (Å²) in [5, 5.41) is 5.78. The minimum atomic E-state index is -3.04. The van der Waals surface area contributed by atoms with Crippen molar-refractivity contribution < 1.29 is 17.9 Å². The Morgan fingerprint density at radius 2 is 1.93 bits per heavy atom. The lowest BCUT2D eigenvalue weighted by Crippen LogP contribution is -2.36. The summed E-state index contributed by atoms with van der Waals surface area (Å²) in [6.45, 7) is 3.93. The molecule has 144 valence electrons. The summed E-state index contributed by atoms with van der Waals surface area (Å²) in [5.74, 6) is 0.928. The van der Waals surface area contributed by atoms with Gasteiger partial charge in [0.15, 0.2) is 9.84 Å². The van der Waals surface area contributed by atoms with Gasteiger partial charge in [-0.3, -0.25) is 4.79 Å². The van der Waals surface area contributed by atoms with Crippen LogP contribution in [0.25, 0.3) is 0 Å². The van der Waals surface area contributed by atoms with Crippen LogP contribution in [-0.2, 0) is 9.84 Å². The summed E-state index contributed by atoms with van der Waals surface area (Å²) in [6.07, 6.45) is 3.35. The number of carbonyl (C=O) groups excluding carboxylic acids is 1. The van der Waals surface area contributed by atoms with E-state index in [1.54, 1.807) is 0 Å². The molecule has 1 amide bonds. The standard InChI is InChI=1S/C18H22N4O4S/c1-12(2)26-15-5-3-13(4-6-15)21-17-10-19-16(9-20-17)18(23)22-14-7-8-27(24,25)11-14/h3-6,9-10,12,14H,7-8,11H2,1-2H3,(H,20,21)(H,22,23). The van der Waals surface area contributed by atoms with Crippen LogP contribution < -0.4 is 15.4 Å². The first kappa shape index (κ1) is 19.1. The van der Waals surface area contributed by atoms with Crippen LogP contribution in [0.2, 0.25) is 0 Å². The van der Waals surface area contributed by atoms with Gasteiger partial charge in [-0.2, -0.15) is 0 Å². The number of hydrogen-bond acceptors (Lipinski definition) is 7. The summed E-state index contributed by atoms with van der Waals surface area (Å²) in [6, 6.07) is 7.07. The molecule has 2 heterocycles. The summed E-state index contributed by atoms with van der Waals surface area (Å²) in [7, 11) is -3.04. The first-order valence-corrected chi connectivity index (χ1v) is 10.5. The minimum Gasteiger partial charge on any atom is -0.491 e. The van der Waals surface area contributed by atoms with Crippen molar-refractivity contribution >= 4 is 27.2 Å². The largest absolute Gasteiger partial charge is 0.491 e. The van der Waals surface area contributed by atoms with Crippen molar-refractivity contribution in [1.29, 1.82) is 0 Å². The number of nitrogens with zero attached hydrogens (tertiary/aromatic N) is 2. The maximum Gasteiger partial charge on any atom is 0.271 e. The van der Waals surface area contributed by atoms with Gasteiger partial charge >= 0.3 is 0 Å². The molecule has 0 aliphatic carbocycles. The highest BCUT2D eigenvalue weighted by atomic mass is 32.2. The fourth-order valence-corrected chi connectivity index (χ4v) is 4.39. The molecule has 1 aromatic heterocycles. The second-order valence-electron chi connectivity index (χ2n) is 6.68. The Balaban J connectivity index is 1.57. The lowest BCUT2D eigenvalue weighted by Gasteiger charge is -2.11. The number of amides is 1. The van der Waals surface area contributed by atoms with Crippen molar-refractivity contribution in [2.24, 2.45) is 0 Å². The highest BCUT2D eigenvalue weighted by Crippen LogP contribution is 2.19. The molecule has 1 aliphatic rings. The molecule has 1 fully saturated rings.